The van der Waals surface area contributed by atoms with Crippen LogP contribution in [0.15, 0.2) is 41.3 Å². The number of pyridine rings is 1. The molecule has 0 saturated heterocycles. The predicted octanol–water partition coefficient (Wildman–Crippen LogP) is 2.19. The van der Waals surface area contributed by atoms with Crippen molar-refractivity contribution in [2.45, 2.75) is 6.61 Å². The number of hydrogen-bond acceptors (Lipinski definition) is 2. The van der Waals surface area contributed by atoms with Gasteiger partial charge in [-0.15, -0.1) is 0 Å². The van der Waals surface area contributed by atoms with E-state index in [1.165, 1.54) is 0 Å². The van der Waals surface area contributed by atoms with Crippen LogP contribution >= 0.6 is 11.6 Å². The zero-order valence-electron chi connectivity index (χ0n) is 8.40. The topological polar surface area (TPSA) is 53.1 Å². The molecule has 4 heteroatoms. The van der Waals surface area contributed by atoms with Gasteiger partial charge in [-0.05, 0) is 29.3 Å². The molecule has 16 heavy (non-hydrogen) atoms. The van der Waals surface area contributed by atoms with Crippen molar-refractivity contribution in [2.24, 2.45) is 0 Å². The Hall–Kier alpha value is -1.58. The van der Waals surface area contributed by atoms with Gasteiger partial charge in [0.15, 0.2) is 0 Å². The van der Waals surface area contributed by atoms with Gasteiger partial charge in [0.25, 0.3) is 5.56 Å². The molecule has 0 atom stereocenters. The summed E-state index contributed by atoms with van der Waals surface area (Å²) in [6.45, 7) is -0.267. The molecule has 1 aromatic heterocycles. The Bertz CT molecular complexity index is 546. The molecule has 0 fully saturated rings. The molecule has 2 rings (SSSR count). The predicted molar refractivity (Wildman–Crippen MR) is 63.4 cm³/mol. The highest BCUT2D eigenvalue weighted by Crippen LogP contribution is 2.20. The molecule has 82 valence electrons. The van der Waals surface area contributed by atoms with Crippen LogP contribution in [-0.4, -0.2) is 10.1 Å². The lowest BCUT2D eigenvalue weighted by Crippen LogP contribution is -2.11. The average Bonchev–Trinajstić information content (AvgIpc) is 2.31. The molecule has 0 amide bonds. The minimum Gasteiger partial charge on any atom is -0.391 e. The summed E-state index contributed by atoms with van der Waals surface area (Å²) >= 11 is 5.79. The van der Waals surface area contributed by atoms with Crippen molar-refractivity contribution >= 4 is 11.6 Å². The fourth-order valence-corrected chi connectivity index (χ4v) is 1.58. The molecule has 0 saturated carbocycles. The van der Waals surface area contributed by atoms with Crippen LogP contribution in [0.1, 0.15) is 5.56 Å². The van der Waals surface area contributed by atoms with E-state index >= 15 is 0 Å². The number of aliphatic hydroxyl groups excluding tert-OH is 1. The van der Waals surface area contributed by atoms with Gasteiger partial charge in [-0.25, -0.2) is 0 Å². The van der Waals surface area contributed by atoms with Crippen LogP contribution in [0.2, 0.25) is 5.02 Å². The standard InChI is InChI=1S/C12H10ClNO2/c13-11-3-1-8(2-4-11)9-5-10(7-15)12(16)14-6-9/h1-6,15H,7H2,(H,14,16). The Balaban J connectivity index is 2.48. The van der Waals surface area contributed by atoms with Gasteiger partial charge in [-0.3, -0.25) is 4.79 Å². The number of hydrogen-bond donors (Lipinski definition) is 2. The van der Waals surface area contributed by atoms with Crippen molar-refractivity contribution < 1.29 is 5.11 Å². The first-order valence-electron chi connectivity index (χ1n) is 4.79. The second kappa shape index (κ2) is 4.51. The van der Waals surface area contributed by atoms with Crippen LogP contribution in [0.3, 0.4) is 0 Å². The molecule has 0 aliphatic heterocycles. The molecule has 1 aromatic carbocycles. The Morgan fingerprint density at radius 1 is 1.19 bits per heavy atom. The van der Waals surface area contributed by atoms with E-state index in [-0.39, 0.29) is 12.2 Å². The van der Waals surface area contributed by atoms with E-state index in [2.05, 4.69) is 4.98 Å². The number of aliphatic hydroxyl groups is 1. The van der Waals surface area contributed by atoms with Crippen LogP contribution in [-0.2, 0) is 6.61 Å². The molecule has 2 aromatic rings. The molecular formula is C12H10ClNO2. The van der Waals surface area contributed by atoms with Crippen LogP contribution < -0.4 is 5.56 Å². The highest BCUT2D eigenvalue weighted by Gasteiger charge is 2.02. The van der Waals surface area contributed by atoms with E-state index < -0.39 is 0 Å². The number of aromatic nitrogens is 1. The van der Waals surface area contributed by atoms with Crippen LogP contribution in [0, 0.1) is 0 Å². The largest absolute Gasteiger partial charge is 0.391 e. The lowest BCUT2D eigenvalue weighted by molar-refractivity contribution is 0.280. The number of rotatable bonds is 2. The second-order valence-electron chi connectivity index (χ2n) is 3.41. The maximum Gasteiger partial charge on any atom is 0.253 e. The Morgan fingerprint density at radius 3 is 2.50 bits per heavy atom. The zero-order chi connectivity index (χ0) is 11.5. The summed E-state index contributed by atoms with van der Waals surface area (Å²) in [5.41, 5.74) is 1.88. The van der Waals surface area contributed by atoms with Gasteiger partial charge in [0.1, 0.15) is 0 Å². The molecule has 3 nitrogen and oxygen atoms in total. The van der Waals surface area contributed by atoms with Crippen molar-refractivity contribution in [3.63, 3.8) is 0 Å². The first-order valence-corrected chi connectivity index (χ1v) is 5.17. The average molecular weight is 236 g/mol. The minimum absolute atomic E-state index is 0.264. The Labute approximate surface area is 97.3 Å². The van der Waals surface area contributed by atoms with Crippen LogP contribution in [0.4, 0.5) is 0 Å². The molecule has 0 unspecified atom stereocenters. The summed E-state index contributed by atoms with van der Waals surface area (Å²) in [5.74, 6) is 0. The highest BCUT2D eigenvalue weighted by molar-refractivity contribution is 6.30. The maximum atomic E-state index is 11.3. The Morgan fingerprint density at radius 2 is 1.88 bits per heavy atom. The molecule has 0 aliphatic carbocycles. The maximum absolute atomic E-state index is 11.3. The van der Waals surface area contributed by atoms with Gasteiger partial charge in [0.05, 0.1) is 6.61 Å². The third kappa shape index (κ3) is 2.15. The van der Waals surface area contributed by atoms with Gasteiger partial charge >= 0.3 is 0 Å². The van der Waals surface area contributed by atoms with Crippen molar-refractivity contribution in [3.8, 4) is 11.1 Å². The molecular weight excluding hydrogens is 226 g/mol. The minimum atomic E-state index is -0.267. The number of H-pyrrole nitrogens is 1. The summed E-state index contributed by atoms with van der Waals surface area (Å²) in [6.07, 6.45) is 1.62. The Kier molecular flexibility index (Phi) is 3.08. The number of nitrogens with one attached hydrogen (secondary N) is 1. The first-order chi connectivity index (χ1) is 7.70. The lowest BCUT2D eigenvalue weighted by Gasteiger charge is -2.03. The highest BCUT2D eigenvalue weighted by atomic mass is 35.5. The van der Waals surface area contributed by atoms with E-state index in [0.717, 1.165) is 11.1 Å². The van der Waals surface area contributed by atoms with Gasteiger partial charge in [-0.1, -0.05) is 23.7 Å². The summed E-state index contributed by atoms with van der Waals surface area (Å²) in [4.78, 5) is 13.8. The smallest absolute Gasteiger partial charge is 0.253 e. The van der Waals surface area contributed by atoms with Gasteiger partial charge < -0.3 is 10.1 Å². The normalized spacial score (nSPS) is 10.4. The van der Waals surface area contributed by atoms with Gasteiger partial charge in [-0.2, -0.15) is 0 Å². The van der Waals surface area contributed by atoms with Crippen LogP contribution in [0.25, 0.3) is 11.1 Å². The number of benzene rings is 1. The fraction of sp³-hybridized carbons (Fsp3) is 0.0833. The fourth-order valence-electron chi connectivity index (χ4n) is 1.46. The van der Waals surface area contributed by atoms with E-state index in [1.807, 2.05) is 12.1 Å². The first kappa shape index (κ1) is 10.9. The molecule has 0 aliphatic rings. The van der Waals surface area contributed by atoms with E-state index in [4.69, 9.17) is 16.7 Å². The molecule has 0 radical (unpaired) electrons. The molecule has 1 heterocycles. The SMILES string of the molecule is O=c1[nH]cc(-c2ccc(Cl)cc2)cc1CO. The lowest BCUT2D eigenvalue weighted by atomic mass is 10.1. The molecule has 0 bridgehead atoms. The van der Waals surface area contributed by atoms with Crippen molar-refractivity contribution in [1.82, 2.24) is 4.98 Å². The van der Waals surface area contributed by atoms with Crippen molar-refractivity contribution in [1.29, 1.82) is 0 Å². The van der Waals surface area contributed by atoms with Gasteiger partial charge in [0.2, 0.25) is 0 Å². The second-order valence-corrected chi connectivity index (χ2v) is 3.84. The molecule has 0 spiro atoms. The number of aromatic amines is 1. The van der Waals surface area contributed by atoms with Crippen molar-refractivity contribution in [2.75, 3.05) is 0 Å². The van der Waals surface area contributed by atoms with E-state index in [0.29, 0.717) is 10.6 Å². The third-order valence-corrected chi connectivity index (χ3v) is 2.58. The monoisotopic (exact) mass is 235 g/mol. The quantitative estimate of drug-likeness (QED) is 0.838. The van der Waals surface area contributed by atoms with Gasteiger partial charge in [0, 0.05) is 16.8 Å². The van der Waals surface area contributed by atoms with E-state index in [1.54, 1.807) is 24.4 Å². The summed E-state index contributed by atoms with van der Waals surface area (Å²) in [6, 6.07) is 8.94. The molecule has 2 N–H and O–H groups in total. The summed E-state index contributed by atoms with van der Waals surface area (Å²) in [5, 5.41) is 9.66. The summed E-state index contributed by atoms with van der Waals surface area (Å²) < 4.78 is 0. The number of halogens is 1. The van der Waals surface area contributed by atoms with Crippen molar-refractivity contribution in [3.05, 3.63) is 57.5 Å². The summed E-state index contributed by atoms with van der Waals surface area (Å²) in [7, 11) is 0. The third-order valence-electron chi connectivity index (χ3n) is 2.33. The van der Waals surface area contributed by atoms with Crippen LogP contribution in [0.5, 0.6) is 0 Å². The van der Waals surface area contributed by atoms with E-state index in [9.17, 15) is 4.79 Å². The zero-order valence-corrected chi connectivity index (χ0v) is 9.16.